The number of carbonyl (C=O) groups excluding carboxylic acids is 1. The highest BCUT2D eigenvalue weighted by Gasteiger charge is 2.32. The zero-order chi connectivity index (χ0) is 17.3. The first kappa shape index (κ1) is 16.3. The van der Waals surface area contributed by atoms with Crippen molar-refractivity contribution in [3.8, 4) is 11.5 Å². The predicted molar refractivity (Wildman–Crippen MR) is 86.6 cm³/mol. The molecule has 0 N–H and O–H groups in total. The lowest BCUT2D eigenvalue weighted by molar-refractivity contribution is 0.0788. The minimum absolute atomic E-state index is 0.0211. The lowest BCUT2D eigenvalue weighted by Gasteiger charge is -2.19. The van der Waals surface area contributed by atoms with Crippen LogP contribution in [0.2, 0.25) is 0 Å². The van der Waals surface area contributed by atoms with Gasteiger partial charge in [-0.2, -0.15) is 4.98 Å². The van der Waals surface area contributed by atoms with Gasteiger partial charge in [0.15, 0.2) is 17.3 Å². The number of likely N-dealkylation sites (tertiary alicyclic amines) is 1. The summed E-state index contributed by atoms with van der Waals surface area (Å²) in [5, 5.41) is 3.83. The molecule has 0 saturated carbocycles. The van der Waals surface area contributed by atoms with E-state index in [1.807, 2.05) is 17.9 Å². The van der Waals surface area contributed by atoms with Gasteiger partial charge in [0, 0.05) is 18.7 Å². The van der Waals surface area contributed by atoms with Crippen LogP contribution < -0.4 is 9.47 Å². The second-order valence-electron chi connectivity index (χ2n) is 5.94. The van der Waals surface area contributed by atoms with E-state index in [2.05, 4.69) is 10.1 Å². The Labute approximate surface area is 140 Å². The van der Waals surface area contributed by atoms with Crippen molar-refractivity contribution in [1.29, 1.82) is 0 Å². The normalized spacial score (nSPS) is 17.2. The van der Waals surface area contributed by atoms with E-state index in [0.29, 0.717) is 41.9 Å². The van der Waals surface area contributed by atoms with Gasteiger partial charge < -0.3 is 18.9 Å². The van der Waals surface area contributed by atoms with Crippen molar-refractivity contribution in [2.45, 2.75) is 26.2 Å². The van der Waals surface area contributed by atoms with Crippen LogP contribution in [0.3, 0.4) is 0 Å². The van der Waals surface area contributed by atoms with E-state index >= 15 is 0 Å². The van der Waals surface area contributed by atoms with Gasteiger partial charge in [-0.05, 0) is 38.0 Å². The summed E-state index contributed by atoms with van der Waals surface area (Å²) < 4.78 is 15.8. The van der Waals surface area contributed by atoms with Gasteiger partial charge in [0.2, 0.25) is 5.89 Å². The van der Waals surface area contributed by atoms with E-state index in [-0.39, 0.29) is 11.8 Å². The second kappa shape index (κ2) is 6.51. The lowest BCUT2D eigenvalue weighted by atomic mass is 10.1. The van der Waals surface area contributed by atoms with Gasteiger partial charge in [0.1, 0.15) is 0 Å². The highest BCUT2D eigenvalue weighted by molar-refractivity contribution is 5.96. The molecule has 0 spiro atoms. The van der Waals surface area contributed by atoms with Crippen molar-refractivity contribution >= 4 is 5.91 Å². The number of benzene rings is 1. The van der Waals surface area contributed by atoms with Crippen LogP contribution in [0.15, 0.2) is 16.7 Å². The standard InChI is InChI=1S/C17H21N3O4/c1-10-7-14(22-3)15(23-4)8-13(10)17(21)20-6-5-12(9-20)16-18-11(2)19-24-16/h7-8,12H,5-6,9H2,1-4H3. The molecule has 0 aliphatic carbocycles. The van der Waals surface area contributed by atoms with Gasteiger partial charge in [0.05, 0.1) is 20.1 Å². The van der Waals surface area contributed by atoms with Crippen molar-refractivity contribution in [2.75, 3.05) is 27.3 Å². The molecule has 1 amide bonds. The third-order valence-corrected chi connectivity index (χ3v) is 4.33. The molecule has 1 aromatic carbocycles. The molecule has 1 saturated heterocycles. The predicted octanol–water partition coefficient (Wildman–Crippen LogP) is 2.33. The van der Waals surface area contributed by atoms with Gasteiger partial charge in [-0.1, -0.05) is 5.16 Å². The summed E-state index contributed by atoms with van der Waals surface area (Å²) >= 11 is 0. The molecule has 1 unspecified atom stereocenters. The van der Waals surface area contributed by atoms with Crippen LogP contribution in [0.1, 0.15) is 40.0 Å². The quantitative estimate of drug-likeness (QED) is 0.856. The van der Waals surface area contributed by atoms with Crippen LogP contribution in [0.25, 0.3) is 0 Å². The van der Waals surface area contributed by atoms with Crippen molar-refractivity contribution in [1.82, 2.24) is 15.0 Å². The summed E-state index contributed by atoms with van der Waals surface area (Å²) in [6.45, 7) is 4.93. The molecule has 24 heavy (non-hydrogen) atoms. The number of carbonyl (C=O) groups is 1. The van der Waals surface area contributed by atoms with E-state index < -0.39 is 0 Å². The number of methoxy groups -OCH3 is 2. The number of amides is 1. The maximum Gasteiger partial charge on any atom is 0.254 e. The Bertz CT molecular complexity index is 756. The van der Waals surface area contributed by atoms with Crippen molar-refractivity contribution in [3.05, 3.63) is 35.0 Å². The van der Waals surface area contributed by atoms with Gasteiger partial charge in [-0.25, -0.2) is 0 Å². The van der Waals surface area contributed by atoms with Crippen molar-refractivity contribution in [2.24, 2.45) is 0 Å². The number of hydrogen-bond donors (Lipinski definition) is 0. The smallest absolute Gasteiger partial charge is 0.254 e. The summed E-state index contributed by atoms with van der Waals surface area (Å²) in [6.07, 6.45) is 0.819. The first-order valence-corrected chi connectivity index (χ1v) is 7.85. The summed E-state index contributed by atoms with van der Waals surface area (Å²) in [5.74, 6) is 2.46. The molecule has 2 heterocycles. The summed E-state index contributed by atoms with van der Waals surface area (Å²) in [5.41, 5.74) is 1.48. The third kappa shape index (κ3) is 2.93. The minimum atomic E-state index is -0.0211. The molecule has 1 atom stereocenters. The third-order valence-electron chi connectivity index (χ3n) is 4.33. The molecular formula is C17H21N3O4. The molecule has 7 heteroatoms. The van der Waals surface area contributed by atoms with E-state index in [9.17, 15) is 4.79 Å². The first-order valence-electron chi connectivity index (χ1n) is 7.85. The number of aromatic nitrogens is 2. The molecule has 128 valence electrons. The molecule has 0 radical (unpaired) electrons. The molecule has 0 bridgehead atoms. The van der Waals surface area contributed by atoms with E-state index in [1.165, 1.54) is 0 Å². The first-order chi connectivity index (χ1) is 11.5. The monoisotopic (exact) mass is 331 g/mol. The van der Waals surface area contributed by atoms with Crippen LogP contribution >= 0.6 is 0 Å². The SMILES string of the molecule is COc1cc(C)c(C(=O)N2CCC(c3nc(C)no3)C2)cc1OC. The summed E-state index contributed by atoms with van der Waals surface area (Å²) in [7, 11) is 3.14. The average Bonchev–Trinajstić information content (AvgIpc) is 3.22. The van der Waals surface area contributed by atoms with Crippen LogP contribution in [0.5, 0.6) is 11.5 Å². The molecule has 1 aromatic heterocycles. The highest BCUT2D eigenvalue weighted by Crippen LogP contribution is 2.32. The topological polar surface area (TPSA) is 77.7 Å². The van der Waals surface area contributed by atoms with Gasteiger partial charge in [0.25, 0.3) is 5.91 Å². The van der Waals surface area contributed by atoms with Crippen molar-refractivity contribution < 1.29 is 18.8 Å². The Morgan fingerprint density at radius 1 is 1.25 bits per heavy atom. The Kier molecular flexibility index (Phi) is 4.42. The Morgan fingerprint density at radius 2 is 1.96 bits per heavy atom. The van der Waals surface area contributed by atoms with Gasteiger partial charge in [-0.15, -0.1) is 0 Å². The van der Waals surface area contributed by atoms with E-state index in [4.69, 9.17) is 14.0 Å². The maximum atomic E-state index is 12.9. The fourth-order valence-corrected chi connectivity index (χ4v) is 3.01. The molecule has 1 aliphatic heterocycles. The molecule has 1 fully saturated rings. The maximum absolute atomic E-state index is 12.9. The fraction of sp³-hybridized carbons (Fsp3) is 0.471. The van der Waals surface area contributed by atoms with Crippen LogP contribution in [0, 0.1) is 13.8 Å². The summed E-state index contributed by atoms with van der Waals surface area (Å²) in [6, 6.07) is 3.56. The number of nitrogens with zero attached hydrogens (tertiary/aromatic N) is 3. The molecule has 1 aliphatic rings. The average molecular weight is 331 g/mol. The number of hydrogen-bond acceptors (Lipinski definition) is 6. The van der Waals surface area contributed by atoms with E-state index in [1.54, 1.807) is 27.2 Å². The second-order valence-corrected chi connectivity index (χ2v) is 5.94. The number of rotatable bonds is 4. The zero-order valence-electron chi connectivity index (χ0n) is 14.3. The van der Waals surface area contributed by atoms with E-state index in [0.717, 1.165) is 12.0 Å². The lowest BCUT2D eigenvalue weighted by Crippen LogP contribution is -2.29. The van der Waals surface area contributed by atoms with Crippen LogP contribution in [0.4, 0.5) is 0 Å². The molecule has 3 rings (SSSR count). The van der Waals surface area contributed by atoms with Crippen LogP contribution in [-0.4, -0.2) is 48.3 Å². The number of ether oxygens (including phenoxy) is 2. The molecule has 7 nitrogen and oxygen atoms in total. The van der Waals surface area contributed by atoms with Crippen LogP contribution in [-0.2, 0) is 0 Å². The Balaban J connectivity index is 1.80. The minimum Gasteiger partial charge on any atom is -0.493 e. The Hall–Kier alpha value is -2.57. The Morgan fingerprint density at radius 3 is 2.58 bits per heavy atom. The molecular weight excluding hydrogens is 310 g/mol. The largest absolute Gasteiger partial charge is 0.493 e. The summed E-state index contributed by atoms with van der Waals surface area (Å²) in [4.78, 5) is 19.0. The fourth-order valence-electron chi connectivity index (χ4n) is 3.01. The number of aryl methyl sites for hydroxylation is 2. The highest BCUT2D eigenvalue weighted by atomic mass is 16.5. The van der Waals surface area contributed by atoms with Gasteiger partial charge >= 0.3 is 0 Å². The molecule has 2 aromatic rings. The van der Waals surface area contributed by atoms with Crippen molar-refractivity contribution in [3.63, 3.8) is 0 Å². The van der Waals surface area contributed by atoms with Gasteiger partial charge in [-0.3, -0.25) is 4.79 Å². The zero-order valence-corrected chi connectivity index (χ0v) is 14.3.